The molecule has 0 aliphatic heterocycles. The van der Waals surface area contributed by atoms with Gasteiger partial charge in [-0.05, 0) is 18.7 Å². The zero-order chi connectivity index (χ0) is 13.5. The lowest BCUT2D eigenvalue weighted by Crippen LogP contribution is -2.22. The van der Waals surface area contributed by atoms with Crippen LogP contribution in [0.25, 0.3) is 0 Å². The van der Waals surface area contributed by atoms with Gasteiger partial charge in [0.1, 0.15) is 5.75 Å². The Hall–Kier alpha value is -1.81. The predicted molar refractivity (Wildman–Crippen MR) is 76.2 cm³/mol. The largest absolute Gasteiger partial charge is 0.494 e. The van der Waals surface area contributed by atoms with Gasteiger partial charge in [-0.15, -0.1) is 0 Å². The Kier molecular flexibility index (Phi) is 4.98. The molecule has 1 atom stereocenters. The molecule has 0 saturated heterocycles. The molecular weight excluding hydrogens is 238 g/mol. The summed E-state index contributed by atoms with van der Waals surface area (Å²) in [4.78, 5) is 0. The van der Waals surface area contributed by atoms with Crippen molar-refractivity contribution in [3.63, 3.8) is 0 Å². The summed E-state index contributed by atoms with van der Waals surface area (Å²) >= 11 is 0. The third-order valence-electron chi connectivity index (χ3n) is 3.00. The van der Waals surface area contributed by atoms with E-state index in [9.17, 15) is 0 Å². The van der Waals surface area contributed by atoms with E-state index in [0.29, 0.717) is 12.6 Å². The third kappa shape index (κ3) is 4.10. The minimum absolute atomic E-state index is 0.294. The number of nitrogens with zero attached hydrogens (tertiary/aromatic N) is 2. The Bertz CT molecular complexity index is 481. The monoisotopic (exact) mass is 259 g/mol. The van der Waals surface area contributed by atoms with Crippen LogP contribution in [0.2, 0.25) is 0 Å². The molecule has 0 aliphatic carbocycles. The summed E-state index contributed by atoms with van der Waals surface area (Å²) in [5.74, 6) is 0.920. The van der Waals surface area contributed by atoms with Gasteiger partial charge in [-0.1, -0.05) is 25.1 Å². The maximum atomic E-state index is 5.74. The molecule has 1 heterocycles. The quantitative estimate of drug-likeness (QED) is 0.830. The van der Waals surface area contributed by atoms with Crippen molar-refractivity contribution in [2.24, 2.45) is 7.05 Å². The van der Waals surface area contributed by atoms with Gasteiger partial charge in [0.25, 0.3) is 0 Å². The number of hydrogen-bond donors (Lipinski definition) is 1. The van der Waals surface area contributed by atoms with Gasteiger partial charge >= 0.3 is 0 Å². The van der Waals surface area contributed by atoms with E-state index < -0.39 is 0 Å². The van der Waals surface area contributed by atoms with E-state index in [4.69, 9.17) is 4.74 Å². The lowest BCUT2D eigenvalue weighted by Gasteiger charge is -2.16. The summed E-state index contributed by atoms with van der Waals surface area (Å²) in [6, 6.07) is 10.2. The Balaban J connectivity index is 1.87. The molecule has 0 spiro atoms. The number of aromatic nitrogens is 2. The maximum Gasteiger partial charge on any atom is 0.119 e. The SMILES string of the molecule is CCNC(CCOc1ccccc1)c1cnn(C)c1. The van der Waals surface area contributed by atoms with E-state index in [2.05, 4.69) is 23.5 Å². The topological polar surface area (TPSA) is 39.1 Å². The first-order valence-electron chi connectivity index (χ1n) is 6.69. The second-order valence-electron chi connectivity index (χ2n) is 4.51. The van der Waals surface area contributed by atoms with Crippen LogP contribution in [0.4, 0.5) is 0 Å². The zero-order valence-corrected chi connectivity index (χ0v) is 11.5. The molecule has 4 heteroatoms. The Morgan fingerprint density at radius 3 is 2.74 bits per heavy atom. The van der Waals surface area contributed by atoms with Crippen molar-refractivity contribution >= 4 is 0 Å². The molecule has 102 valence electrons. The summed E-state index contributed by atoms with van der Waals surface area (Å²) in [6.45, 7) is 3.74. The first-order valence-corrected chi connectivity index (χ1v) is 6.69. The van der Waals surface area contributed by atoms with Crippen LogP contribution in [0, 0.1) is 0 Å². The molecule has 19 heavy (non-hydrogen) atoms. The van der Waals surface area contributed by atoms with E-state index >= 15 is 0 Å². The number of rotatable bonds is 7. The highest BCUT2D eigenvalue weighted by atomic mass is 16.5. The Labute approximate surface area is 114 Å². The number of aryl methyl sites for hydroxylation is 1. The van der Waals surface area contributed by atoms with E-state index in [-0.39, 0.29) is 0 Å². The summed E-state index contributed by atoms with van der Waals surface area (Å²) in [5.41, 5.74) is 1.21. The minimum Gasteiger partial charge on any atom is -0.494 e. The van der Waals surface area contributed by atoms with E-state index in [1.807, 2.05) is 48.3 Å². The molecule has 1 N–H and O–H groups in total. The van der Waals surface area contributed by atoms with E-state index in [1.54, 1.807) is 0 Å². The van der Waals surface area contributed by atoms with Crippen LogP contribution in [-0.4, -0.2) is 22.9 Å². The van der Waals surface area contributed by atoms with Gasteiger partial charge in [-0.25, -0.2) is 0 Å². The van der Waals surface area contributed by atoms with E-state index in [1.165, 1.54) is 5.56 Å². The van der Waals surface area contributed by atoms with Gasteiger partial charge in [0.15, 0.2) is 0 Å². The van der Waals surface area contributed by atoms with Crippen molar-refractivity contribution in [2.75, 3.05) is 13.2 Å². The van der Waals surface area contributed by atoms with E-state index in [0.717, 1.165) is 18.7 Å². The third-order valence-corrected chi connectivity index (χ3v) is 3.00. The molecule has 1 aromatic carbocycles. The van der Waals surface area contributed by atoms with Crippen molar-refractivity contribution < 1.29 is 4.74 Å². The predicted octanol–water partition coefficient (Wildman–Crippen LogP) is 2.54. The Morgan fingerprint density at radius 1 is 1.32 bits per heavy atom. The molecular formula is C15H21N3O. The maximum absolute atomic E-state index is 5.74. The average Bonchev–Trinajstić information content (AvgIpc) is 2.86. The van der Waals surface area contributed by atoms with Crippen LogP contribution >= 0.6 is 0 Å². The molecule has 2 aromatic rings. The van der Waals surface area contributed by atoms with Crippen molar-refractivity contribution in [2.45, 2.75) is 19.4 Å². The fraction of sp³-hybridized carbons (Fsp3) is 0.400. The summed E-state index contributed by atoms with van der Waals surface area (Å²) in [7, 11) is 1.94. The van der Waals surface area contributed by atoms with Crippen molar-refractivity contribution in [3.05, 3.63) is 48.3 Å². The second kappa shape index (κ2) is 6.95. The number of nitrogens with one attached hydrogen (secondary N) is 1. The summed E-state index contributed by atoms with van der Waals surface area (Å²) < 4.78 is 7.57. The van der Waals surface area contributed by atoms with Crippen molar-refractivity contribution in [1.29, 1.82) is 0 Å². The Morgan fingerprint density at radius 2 is 2.11 bits per heavy atom. The smallest absolute Gasteiger partial charge is 0.119 e. The highest BCUT2D eigenvalue weighted by Gasteiger charge is 2.12. The molecule has 0 amide bonds. The van der Waals surface area contributed by atoms with Crippen LogP contribution in [0.1, 0.15) is 24.9 Å². The lowest BCUT2D eigenvalue weighted by atomic mass is 10.1. The van der Waals surface area contributed by atoms with Gasteiger partial charge in [0, 0.05) is 31.3 Å². The van der Waals surface area contributed by atoms with Crippen LogP contribution in [0.3, 0.4) is 0 Å². The second-order valence-corrected chi connectivity index (χ2v) is 4.51. The van der Waals surface area contributed by atoms with Crippen molar-refractivity contribution in [3.8, 4) is 5.75 Å². The van der Waals surface area contributed by atoms with Gasteiger partial charge in [-0.2, -0.15) is 5.10 Å². The zero-order valence-electron chi connectivity index (χ0n) is 11.5. The van der Waals surface area contributed by atoms with Gasteiger partial charge in [0.2, 0.25) is 0 Å². The molecule has 4 nitrogen and oxygen atoms in total. The normalized spacial score (nSPS) is 12.3. The van der Waals surface area contributed by atoms with Crippen LogP contribution < -0.4 is 10.1 Å². The van der Waals surface area contributed by atoms with Crippen LogP contribution in [0.15, 0.2) is 42.7 Å². The standard InChI is InChI=1S/C15H21N3O/c1-3-16-15(13-11-17-18(2)12-13)9-10-19-14-7-5-4-6-8-14/h4-8,11-12,15-16H,3,9-10H2,1-2H3. The number of benzene rings is 1. The molecule has 2 rings (SSSR count). The number of para-hydroxylation sites is 1. The molecule has 0 aliphatic rings. The van der Waals surface area contributed by atoms with Gasteiger partial charge in [-0.3, -0.25) is 4.68 Å². The number of ether oxygens (including phenoxy) is 1. The van der Waals surface area contributed by atoms with Gasteiger partial charge < -0.3 is 10.1 Å². The van der Waals surface area contributed by atoms with Crippen molar-refractivity contribution in [1.82, 2.24) is 15.1 Å². The fourth-order valence-corrected chi connectivity index (χ4v) is 2.06. The first-order chi connectivity index (χ1) is 9.29. The lowest BCUT2D eigenvalue weighted by molar-refractivity contribution is 0.287. The highest BCUT2D eigenvalue weighted by molar-refractivity contribution is 5.21. The van der Waals surface area contributed by atoms with Crippen LogP contribution in [-0.2, 0) is 7.05 Å². The molecule has 0 radical (unpaired) electrons. The number of hydrogen-bond acceptors (Lipinski definition) is 3. The summed E-state index contributed by atoms with van der Waals surface area (Å²) in [6.07, 6.45) is 4.89. The molecule has 1 aromatic heterocycles. The molecule has 1 unspecified atom stereocenters. The average molecular weight is 259 g/mol. The van der Waals surface area contributed by atoms with Gasteiger partial charge in [0.05, 0.1) is 12.8 Å². The molecule has 0 saturated carbocycles. The minimum atomic E-state index is 0.294. The fourth-order valence-electron chi connectivity index (χ4n) is 2.06. The summed E-state index contributed by atoms with van der Waals surface area (Å²) in [5, 5.41) is 7.69. The molecule has 0 fully saturated rings. The molecule has 0 bridgehead atoms. The first kappa shape index (κ1) is 13.6. The highest BCUT2D eigenvalue weighted by Crippen LogP contribution is 2.17. The van der Waals surface area contributed by atoms with Crippen LogP contribution in [0.5, 0.6) is 5.75 Å².